The maximum Gasteiger partial charge on any atom is 0.228 e. The molecule has 1 heterocycles. The maximum absolute atomic E-state index is 12.6. The van der Waals surface area contributed by atoms with Crippen molar-refractivity contribution in [1.82, 2.24) is 10.3 Å². The molecule has 0 aliphatic heterocycles. The highest BCUT2D eigenvalue weighted by Gasteiger charge is 2.48. The highest BCUT2D eigenvalue weighted by molar-refractivity contribution is 6.04. The lowest BCUT2D eigenvalue weighted by Crippen LogP contribution is -2.27. The molecule has 4 rings (SSSR count). The number of carbonyl (C=O) groups is 2. The highest BCUT2D eigenvalue weighted by atomic mass is 16.5. The van der Waals surface area contributed by atoms with Crippen molar-refractivity contribution >= 4 is 28.4 Å². The van der Waals surface area contributed by atoms with Gasteiger partial charge in [0.25, 0.3) is 0 Å². The van der Waals surface area contributed by atoms with E-state index in [9.17, 15) is 9.59 Å². The first kappa shape index (κ1) is 18.0. The molecule has 2 amide bonds. The molecule has 142 valence electrons. The number of rotatable bonds is 6. The minimum absolute atomic E-state index is 0.109. The summed E-state index contributed by atoms with van der Waals surface area (Å²) in [7, 11) is 1.60. The zero-order valence-corrected chi connectivity index (χ0v) is 15.5. The number of fused-ring (bicyclic) bond motifs is 1. The summed E-state index contributed by atoms with van der Waals surface area (Å²) in [6, 6.07) is 17.0. The van der Waals surface area contributed by atoms with Crippen LogP contribution in [-0.2, 0) is 16.1 Å². The number of nitrogens with zero attached hydrogens (tertiary/aromatic N) is 1. The molecular weight excluding hydrogens is 354 g/mol. The number of anilines is 1. The van der Waals surface area contributed by atoms with Crippen LogP contribution in [0.2, 0.25) is 0 Å². The first-order valence-corrected chi connectivity index (χ1v) is 9.21. The SMILES string of the molecule is COc1ccccc1CNC(=O)C1CC1C(=O)Nc1cccc2cccnc12. The Bertz CT molecular complexity index is 1030. The van der Waals surface area contributed by atoms with Gasteiger partial charge in [-0.15, -0.1) is 0 Å². The second-order valence-electron chi connectivity index (χ2n) is 6.85. The molecule has 3 aromatic rings. The van der Waals surface area contributed by atoms with Crippen molar-refractivity contribution in [2.24, 2.45) is 11.8 Å². The van der Waals surface area contributed by atoms with E-state index in [1.807, 2.05) is 54.6 Å². The van der Waals surface area contributed by atoms with Crippen molar-refractivity contribution in [1.29, 1.82) is 0 Å². The van der Waals surface area contributed by atoms with E-state index in [4.69, 9.17) is 4.74 Å². The number of aromatic nitrogens is 1. The topological polar surface area (TPSA) is 80.3 Å². The van der Waals surface area contributed by atoms with E-state index in [0.717, 1.165) is 22.2 Å². The van der Waals surface area contributed by atoms with Crippen LogP contribution in [0.3, 0.4) is 0 Å². The van der Waals surface area contributed by atoms with Crippen LogP contribution in [-0.4, -0.2) is 23.9 Å². The lowest BCUT2D eigenvalue weighted by Gasteiger charge is -2.10. The molecule has 0 radical (unpaired) electrons. The molecule has 1 fully saturated rings. The lowest BCUT2D eigenvalue weighted by atomic mass is 10.2. The molecular formula is C22H21N3O3. The second-order valence-corrected chi connectivity index (χ2v) is 6.85. The maximum atomic E-state index is 12.6. The summed E-state index contributed by atoms with van der Waals surface area (Å²) in [4.78, 5) is 29.3. The van der Waals surface area contributed by atoms with Crippen molar-refractivity contribution in [3.8, 4) is 5.75 Å². The normalized spacial score (nSPS) is 17.8. The number of methoxy groups -OCH3 is 1. The zero-order chi connectivity index (χ0) is 19.5. The summed E-state index contributed by atoms with van der Waals surface area (Å²) >= 11 is 0. The molecule has 28 heavy (non-hydrogen) atoms. The largest absolute Gasteiger partial charge is 0.496 e. The molecule has 2 N–H and O–H groups in total. The Labute approximate surface area is 162 Å². The number of carbonyl (C=O) groups excluding carboxylic acids is 2. The van der Waals surface area contributed by atoms with Gasteiger partial charge in [0.1, 0.15) is 5.75 Å². The minimum Gasteiger partial charge on any atom is -0.496 e. The van der Waals surface area contributed by atoms with Gasteiger partial charge in [-0.05, 0) is 24.6 Å². The third kappa shape index (κ3) is 3.67. The van der Waals surface area contributed by atoms with Gasteiger partial charge in [-0.1, -0.05) is 36.4 Å². The number of ether oxygens (including phenoxy) is 1. The van der Waals surface area contributed by atoms with Crippen LogP contribution in [0, 0.1) is 11.8 Å². The number of nitrogens with one attached hydrogen (secondary N) is 2. The average Bonchev–Trinajstić information content (AvgIpc) is 3.54. The van der Waals surface area contributed by atoms with Gasteiger partial charge in [0.2, 0.25) is 11.8 Å². The van der Waals surface area contributed by atoms with Gasteiger partial charge in [0.05, 0.1) is 30.1 Å². The Morgan fingerprint density at radius 3 is 2.68 bits per heavy atom. The van der Waals surface area contributed by atoms with Gasteiger partial charge in [0, 0.05) is 23.7 Å². The van der Waals surface area contributed by atoms with Crippen LogP contribution in [0.5, 0.6) is 5.75 Å². The molecule has 1 aliphatic carbocycles. The van der Waals surface area contributed by atoms with E-state index in [2.05, 4.69) is 15.6 Å². The van der Waals surface area contributed by atoms with Gasteiger partial charge >= 0.3 is 0 Å². The van der Waals surface area contributed by atoms with Gasteiger partial charge in [-0.2, -0.15) is 0 Å². The first-order chi connectivity index (χ1) is 13.7. The summed E-state index contributed by atoms with van der Waals surface area (Å²) in [5.41, 5.74) is 2.32. The fraction of sp³-hybridized carbons (Fsp3) is 0.227. The molecule has 0 bridgehead atoms. The molecule has 0 saturated heterocycles. The van der Waals surface area contributed by atoms with E-state index >= 15 is 0 Å². The molecule has 1 saturated carbocycles. The molecule has 6 heteroatoms. The monoisotopic (exact) mass is 375 g/mol. The number of hydrogen-bond donors (Lipinski definition) is 2. The van der Waals surface area contributed by atoms with E-state index < -0.39 is 0 Å². The standard InChI is InChI=1S/C22H21N3O3/c1-28-19-10-3-2-6-15(19)13-24-21(26)16-12-17(16)22(27)25-18-9-4-7-14-8-5-11-23-20(14)18/h2-11,16-17H,12-13H2,1H3,(H,24,26)(H,25,27). The van der Waals surface area contributed by atoms with Crippen LogP contribution in [0.25, 0.3) is 10.9 Å². The van der Waals surface area contributed by atoms with Crippen LogP contribution in [0.15, 0.2) is 60.8 Å². The van der Waals surface area contributed by atoms with E-state index in [1.165, 1.54) is 0 Å². The molecule has 1 aliphatic rings. The Hall–Kier alpha value is -3.41. The molecule has 6 nitrogen and oxygen atoms in total. The Kier molecular flexibility index (Phi) is 4.93. The fourth-order valence-corrected chi connectivity index (χ4v) is 3.37. The smallest absolute Gasteiger partial charge is 0.228 e. The van der Waals surface area contributed by atoms with Crippen LogP contribution >= 0.6 is 0 Å². The van der Waals surface area contributed by atoms with Crippen molar-refractivity contribution < 1.29 is 14.3 Å². The third-order valence-corrected chi connectivity index (χ3v) is 5.00. The molecule has 0 spiro atoms. The minimum atomic E-state index is -0.309. The van der Waals surface area contributed by atoms with E-state index in [0.29, 0.717) is 18.7 Å². The molecule has 2 aromatic carbocycles. The van der Waals surface area contributed by atoms with Crippen LogP contribution in [0.4, 0.5) is 5.69 Å². The van der Waals surface area contributed by atoms with Gasteiger partial charge in [0.15, 0.2) is 0 Å². The number of benzene rings is 2. The van der Waals surface area contributed by atoms with Crippen molar-refractivity contribution in [2.45, 2.75) is 13.0 Å². The van der Waals surface area contributed by atoms with Crippen molar-refractivity contribution in [3.63, 3.8) is 0 Å². The predicted molar refractivity (Wildman–Crippen MR) is 107 cm³/mol. The van der Waals surface area contributed by atoms with E-state index in [-0.39, 0.29) is 23.7 Å². The molecule has 1 aromatic heterocycles. The summed E-state index contributed by atoms with van der Waals surface area (Å²) in [5, 5.41) is 6.79. The van der Waals surface area contributed by atoms with Gasteiger partial charge < -0.3 is 15.4 Å². The van der Waals surface area contributed by atoms with Crippen LogP contribution in [0.1, 0.15) is 12.0 Å². The predicted octanol–water partition coefficient (Wildman–Crippen LogP) is 3.13. The Morgan fingerprint density at radius 2 is 1.82 bits per heavy atom. The summed E-state index contributed by atoms with van der Waals surface area (Å²) < 4.78 is 5.29. The number of pyridine rings is 1. The fourth-order valence-electron chi connectivity index (χ4n) is 3.37. The molecule has 2 unspecified atom stereocenters. The van der Waals surface area contributed by atoms with Crippen LogP contribution < -0.4 is 15.4 Å². The quantitative estimate of drug-likeness (QED) is 0.694. The number of hydrogen-bond acceptors (Lipinski definition) is 4. The number of amides is 2. The second kappa shape index (κ2) is 7.68. The Balaban J connectivity index is 1.35. The third-order valence-electron chi connectivity index (χ3n) is 5.00. The first-order valence-electron chi connectivity index (χ1n) is 9.21. The average molecular weight is 375 g/mol. The highest BCUT2D eigenvalue weighted by Crippen LogP contribution is 2.40. The van der Waals surface area contributed by atoms with Gasteiger partial charge in [-0.25, -0.2) is 0 Å². The van der Waals surface area contributed by atoms with Crippen molar-refractivity contribution in [3.05, 3.63) is 66.4 Å². The summed E-state index contributed by atoms with van der Waals surface area (Å²) in [6.45, 7) is 0.376. The van der Waals surface area contributed by atoms with Crippen molar-refractivity contribution in [2.75, 3.05) is 12.4 Å². The van der Waals surface area contributed by atoms with E-state index in [1.54, 1.807) is 13.3 Å². The lowest BCUT2D eigenvalue weighted by molar-refractivity contribution is -0.125. The molecule has 2 atom stereocenters. The number of para-hydroxylation sites is 2. The summed E-state index contributed by atoms with van der Waals surface area (Å²) in [5.74, 6) is -0.122. The Morgan fingerprint density at radius 1 is 1.04 bits per heavy atom. The van der Waals surface area contributed by atoms with Gasteiger partial charge in [-0.3, -0.25) is 14.6 Å². The summed E-state index contributed by atoms with van der Waals surface area (Å²) in [6.07, 6.45) is 2.25. The zero-order valence-electron chi connectivity index (χ0n) is 15.5.